The Morgan fingerprint density at radius 3 is 2.48 bits per heavy atom. The van der Waals surface area contributed by atoms with Crippen molar-refractivity contribution in [3.63, 3.8) is 0 Å². The van der Waals surface area contributed by atoms with Crippen molar-refractivity contribution >= 4 is 5.91 Å². The van der Waals surface area contributed by atoms with Crippen LogP contribution in [0.5, 0.6) is 0 Å². The summed E-state index contributed by atoms with van der Waals surface area (Å²) in [6.45, 7) is 4.44. The van der Waals surface area contributed by atoms with Crippen molar-refractivity contribution < 1.29 is 4.79 Å². The van der Waals surface area contributed by atoms with Crippen LogP contribution in [0.2, 0.25) is 0 Å². The SMILES string of the molecule is Cc1cc(C)cc(C(=O)NCc2cnn(-c3ccccc3)c2)c1. The Balaban J connectivity index is 1.67. The molecule has 0 aliphatic carbocycles. The number of aryl methyl sites for hydroxylation is 2. The van der Waals surface area contributed by atoms with E-state index in [0.29, 0.717) is 12.1 Å². The third kappa shape index (κ3) is 3.66. The first kappa shape index (κ1) is 15.0. The van der Waals surface area contributed by atoms with Gasteiger partial charge in [0.15, 0.2) is 0 Å². The highest BCUT2D eigenvalue weighted by atomic mass is 16.1. The maximum atomic E-state index is 12.3. The van der Waals surface area contributed by atoms with Crippen LogP contribution in [0.4, 0.5) is 0 Å². The maximum absolute atomic E-state index is 12.3. The summed E-state index contributed by atoms with van der Waals surface area (Å²) in [5, 5.41) is 7.27. The number of carbonyl (C=O) groups excluding carboxylic acids is 1. The van der Waals surface area contributed by atoms with Gasteiger partial charge in [0.25, 0.3) is 5.91 Å². The second kappa shape index (κ2) is 6.48. The van der Waals surface area contributed by atoms with Crippen molar-refractivity contribution in [1.82, 2.24) is 15.1 Å². The van der Waals surface area contributed by atoms with Crippen LogP contribution in [0, 0.1) is 13.8 Å². The summed E-state index contributed by atoms with van der Waals surface area (Å²) < 4.78 is 1.80. The van der Waals surface area contributed by atoms with E-state index in [1.165, 1.54) is 0 Å². The number of benzene rings is 2. The van der Waals surface area contributed by atoms with Crippen molar-refractivity contribution in [2.45, 2.75) is 20.4 Å². The average molecular weight is 305 g/mol. The van der Waals surface area contributed by atoms with Gasteiger partial charge in [-0.25, -0.2) is 4.68 Å². The van der Waals surface area contributed by atoms with Gasteiger partial charge in [-0.15, -0.1) is 0 Å². The molecule has 1 heterocycles. The summed E-state index contributed by atoms with van der Waals surface area (Å²) in [6.07, 6.45) is 3.70. The van der Waals surface area contributed by atoms with Crippen LogP contribution in [0.1, 0.15) is 27.0 Å². The summed E-state index contributed by atoms with van der Waals surface area (Å²) in [7, 11) is 0. The van der Waals surface area contributed by atoms with E-state index >= 15 is 0 Å². The molecule has 4 heteroatoms. The lowest BCUT2D eigenvalue weighted by Crippen LogP contribution is -2.22. The fraction of sp³-hybridized carbons (Fsp3) is 0.158. The first-order valence-electron chi connectivity index (χ1n) is 7.57. The molecule has 3 rings (SSSR count). The average Bonchev–Trinajstić information content (AvgIpc) is 3.01. The first-order chi connectivity index (χ1) is 11.1. The maximum Gasteiger partial charge on any atom is 0.251 e. The summed E-state index contributed by atoms with van der Waals surface area (Å²) in [5.41, 5.74) is 4.84. The Morgan fingerprint density at radius 1 is 1.09 bits per heavy atom. The van der Waals surface area contributed by atoms with E-state index in [1.54, 1.807) is 10.9 Å². The molecule has 1 amide bonds. The van der Waals surface area contributed by atoms with Gasteiger partial charge >= 0.3 is 0 Å². The number of aromatic nitrogens is 2. The Kier molecular flexibility index (Phi) is 4.24. The molecule has 3 aromatic rings. The molecule has 0 spiro atoms. The van der Waals surface area contributed by atoms with Gasteiger partial charge in [-0.3, -0.25) is 4.79 Å². The second-order valence-corrected chi connectivity index (χ2v) is 5.69. The molecule has 116 valence electrons. The lowest BCUT2D eigenvalue weighted by atomic mass is 10.1. The molecule has 0 unspecified atom stereocenters. The van der Waals surface area contributed by atoms with Gasteiger partial charge < -0.3 is 5.32 Å². The van der Waals surface area contributed by atoms with Gasteiger partial charge in [-0.2, -0.15) is 5.10 Å². The predicted molar refractivity (Wildman–Crippen MR) is 90.7 cm³/mol. The van der Waals surface area contributed by atoms with Crippen LogP contribution in [-0.2, 0) is 6.54 Å². The zero-order valence-corrected chi connectivity index (χ0v) is 13.3. The van der Waals surface area contributed by atoms with E-state index in [-0.39, 0.29) is 5.91 Å². The molecule has 4 nitrogen and oxygen atoms in total. The minimum Gasteiger partial charge on any atom is -0.348 e. The number of hydrogen-bond donors (Lipinski definition) is 1. The zero-order valence-electron chi connectivity index (χ0n) is 13.3. The molecule has 0 saturated heterocycles. The molecular formula is C19H19N3O. The Labute approximate surface area is 135 Å². The van der Waals surface area contributed by atoms with Crippen LogP contribution >= 0.6 is 0 Å². The normalized spacial score (nSPS) is 10.5. The van der Waals surface area contributed by atoms with Gasteiger partial charge in [0.1, 0.15) is 0 Å². The number of nitrogens with one attached hydrogen (secondary N) is 1. The number of carbonyl (C=O) groups is 1. The van der Waals surface area contributed by atoms with E-state index in [9.17, 15) is 4.79 Å². The minimum atomic E-state index is -0.0655. The van der Waals surface area contributed by atoms with Gasteiger partial charge in [0.2, 0.25) is 0 Å². The highest BCUT2D eigenvalue weighted by Crippen LogP contribution is 2.10. The zero-order chi connectivity index (χ0) is 16.2. The van der Waals surface area contributed by atoms with E-state index in [2.05, 4.69) is 16.5 Å². The highest BCUT2D eigenvalue weighted by molar-refractivity contribution is 5.94. The second-order valence-electron chi connectivity index (χ2n) is 5.69. The molecule has 0 aliphatic rings. The van der Waals surface area contributed by atoms with Crippen molar-refractivity contribution in [2.75, 3.05) is 0 Å². The smallest absolute Gasteiger partial charge is 0.251 e. The molecule has 23 heavy (non-hydrogen) atoms. The molecule has 0 atom stereocenters. The summed E-state index contributed by atoms with van der Waals surface area (Å²) in [5.74, 6) is -0.0655. The van der Waals surface area contributed by atoms with Gasteiger partial charge in [-0.05, 0) is 38.1 Å². The standard InChI is InChI=1S/C19H19N3O/c1-14-8-15(2)10-17(9-14)19(23)20-11-16-12-21-22(13-16)18-6-4-3-5-7-18/h3-10,12-13H,11H2,1-2H3,(H,20,23). The van der Waals surface area contributed by atoms with Gasteiger partial charge in [0.05, 0.1) is 11.9 Å². The van der Waals surface area contributed by atoms with Crippen LogP contribution < -0.4 is 5.32 Å². The monoisotopic (exact) mass is 305 g/mol. The quantitative estimate of drug-likeness (QED) is 0.803. The van der Waals surface area contributed by atoms with Crippen molar-refractivity contribution in [2.24, 2.45) is 0 Å². The summed E-state index contributed by atoms with van der Waals surface area (Å²) in [4.78, 5) is 12.3. The number of rotatable bonds is 4. The van der Waals surface area contributed by atoms with Crippen LogP contribution in [0.15, 0.2) is 60.9 Å². The minimum absolute atomic E-state index is 0.0655. The largest absolute Gasteiger partial charge is 0.348 e. The summed E-state index contributed by atoms with van der Waals surface area (Å²) >= 11 is 0. The van der Waals surface area contributed by atoms with Crippen molar-refractivity contribution in [1.29, 1.82) is 0 Å². The Hall–Kier alpha value is -2.88. The van der Waals surface area contributed by atoms with E-state index in [4.69, 9.17) is 0 Å². The van der Waals surface area contributed by atoms with Crippen LogP contribution in [0.25, 0.3) is 5.69 Å². The van der Waals surface area contributed by atoms with Crippen molar-refractivity contribution in [3.05, 3.63) is 83.2 Å². The lowest BCUT2D eigenvalue weighted by molar-refractivity contribution is 0.0950. The summed E-state index contributed by atoms with van der Waals surface area (Å²) in [6, 6.07) is 15.7. The molecule has 1 N–H and O–H groups in total. The number of amides is 1. The molecule has 0 saturated carbocycles. The third-order valence-electron chi connectivity index (χ3n) is 3.59. The molecule has 0 fully saturated rings. The van der Waals surface area contributed by atoms with Crippen molar-refractivity contribution in [3.8, 4) is 5.69 Å². The molecule has 0 aliphatic heterocycles. The third-order valence-corrected chi connectivity index (χ3v) is 3.59. The van der Waals surface area contributed by atoms with E-state index < -0.39 is 0 Å². The van der Waals surface area contributed by atoms with Crippen LogP contribution in [0.3, 0.4) is 0 Å². The lowest BCUT2D eigenvalue weighted by Gasteiger charge is -2.06. The number of hydrogen-bond acceptors (Lipinski definition) is 2. The Morgan fingerprint density at radius 2 is 1.78 bits per heavy atom. The van der Waals surface area contributed by atoms with Gasteiger partial charge in [-0.1, -0.05) is 35.4 Å². The molecular weight excluding hydrogens is 286 g/mol. The topological polar surface area (TPSA) is 46.9 Å². The predicted octanol–water partition coefficient (Wildman–Crippen LogP) is 3.42. The number of para-hydroxylation sites is 1. The van der Waals surface area contributed by atoms with Crippen LogP contribution in [-0.4, -0.2) is 15.7 Å². The molecule has 0 radical (unpaired) electrons. The van der Waals surface area contributed by atoms with E-state index in [1.807, 2.05) is 62.5 Å². The molecule has 1 aromatic heterocycles. The Bertz CT molecular complexity index is 801. The van der Waals surface area contributed by atoms with E-state index in [0.717, 1.165) is 22.4 Å². The highest BCUT2D eigenvalue weighted by Gasteiger charge is 2.07. The number of nitrogens with zero attached hydrogens (tertiary/aromatic N) is 2. The van der Waals surface area contributed by atoms with Gasteiger partial charge in [0, 0.05) is 23.9 Å². The molecule has 0 bridgehead atoms. The molecule has 2 aromatic carbocycles. The fourth-order valence-corrected chi connectivity index (χ4v) is 2.56. The first-order valence-corrected chi connectivity index (χ1v) is 7.57. The fourth-order valence-electron chi connectivity index (χ4n) is 2.56.